The molecule has 0 unspecified atom stereocenters. The van der Waals surface area contributed by atoms with E-state index in [2.05, 4.69) is 50.0 Å². The number of rotatable bonds is 6. The standard InChI is InChI=1S/C15H22N4OS/c1-10(2)12-5-7-13(8-6-12)20-9-14-17-18-15(19(14)16)21-11(3)4/h5-8,10-11H,9,16H2,1-4H3. The Morgan fingerprint density at radius 2 is 1.81 bits per heavy atom. The molecule has 114 valence electrons. The van der Waals surface area contributed by atoms with E-state index in [1.165, 1.54) is 10.2 Å². The van der Waals surface area contributed by atoms with Crippen LogP contribution in [-0.4, -0.2) is 20.1 Å². The lowest BCUT2D eigenvalue weighted by Gasteiger charge is -2.09. The molecule has 0 aliphatic heterocycles. The molecule has 0 radical (unpaired) electrons. The van der Waals surface area contributed by atoms with E-state index in [0.29, 0.717) is 28.8 Å². The van der Waals surface area contributed by atoms with Crippen LogP contribution in [0.4, 0.5) is 0 Å². The Balaban J connectivity index is 1.98. The zero-order valence-corrected chi connectivity index (χ0v) is 13.7. The molecule has 21 heavy (non-hydrogen) atoms. The van der Waals surface area contributed by atoms with Crippen molar-refractivity contribution in [1.29, 1.82) is 0 Å². The molecule has 0 bridgehead atoms. The Morgan fingerprint density at radius 3 is 2.38 bits per heavy atom. The van der Waals surface area contributed by atoms with Crippen LogP contribution >= 0.6 is 11.8 Å². The molecule has 2 aromatic rings. The van der Waals surface area contributed by atoms with Crippen molar-refractivity contribution in [2.45, 2.75) is 50.6 Å². The summed E-state index contributed by atoms with van der Waals surface area (Å²) in [7, 11) is 0. The number of aromatic nitrogens is 3. The summed E-state index contributed by atoms with van der Waals surface area (Å²) in [5.41, 5.74) is 1.29. The highest BCUT2D eigenvalue weighted by atomic mass is 32.2. The van der Waals surface area contributed by atoms with Gasteiger partial charge in [0, 0.05) is 5.25 Å². The zero-order valence-electron chi connectivity index (χ0n) is 12.9. The predicted octanol–water partition coefficient (Wildman–Crippen LogP) is 3.19. The largest absolute Gasteiger partial charge is 0.486 e. The van der Waals surface area contributed by atoms with E-state index in [9.17, 15) is 0 Å². The molecule has 2 rings (SSSR count). The third-order valence-electron chi connectivity index (χ3n) is 2.99. The SMILES string of the molecule is CC(C)Sc1nnc(COc2ccc(C(C)C)cc2)n1N. The maximum absolute atomic E-state index is 5.97. The van der Waals surface area contributed by atoms with Gasteiger partial charge in [0.25, 0.3) is 0 Å². The lowest BCUT2D eigenvalue weighted by atomic mass is 10.0. The first-order chi connectivity index (χ1) is 9.97. The summed E-state index contributed by atoms with van der Waals surface area (Å²) < 4.78 is 7.21. The molecule has 0 aliphatic rings. The van der Waals surface area contributed by atoms with Crippen molar-refractivity contribution in [2.75, 3.05) is 5.84 Å². The lowest BCUT2D eigenvalue weighted by Crippen LogP contribution is -2.16. The molecule has 0 spiro atoms. The number of thioether (sulfide) groups is 1. The minimum atomic E-state index is 0.309. The molecular formula is C15H22N4OS. The lowest BCUT2D eigenvalue weighted by molar-refractivity contribution is 0.291. The minimum Gasteiger partial charge on any atom is -0.486 e. The van der Waals surface area contributed by atoms with Gasteiger partial charge in [0.2, 0.25) is 5.16 Å². The average molecular weight is 306 g/mol. The molecule has 6 heteroatoms. The van der Waals surface area contributed by atoms with E-state index >= 15 is 0 Å². The zero-order chi connectivity index (χ0) is 15.4. The minimum absolute atomic E-state index is 0.309. The molecule has 0 aliphatic carbocycles. The van der Waals surface area contributed by atoms with Crippen LogP contribution in [0.2, 0.25) is 0 Å². The fourth-order valence-corrected chi connectivity index (χ4v) is 2.52. The van der Waals surface area contributed by atoms with E-state index in [-0.39, 0.29) is 0 Å². The van der Waals surface area contributed by atoms with Gasteiger partial charge >= 0.3 is 0 Å². The van der Waals surface area contributed by atoms with E-state index < -0.39 is 0 Å². The molecule has 0 fully saturated rings. The molecule has 1 aromatic carbocycles. The summed E-state index contributed by atoms with van der Waals surface area (Å²) in [6.07, 6.45) is 0. The second-order valence-electron chi connectivity index (χ2n) is 5.45. The van der Waals surface area contributed by atoms with Crippen molar-refractivity contribution in [3.05, 3.63) is 35.7 Å². The van der Waals surface area contributed by atoms with Gasteiger partial charge in [-0.3, -0.25) is 0 Å². The molecular weight excluding hydrogens is 284 g/mol. The van der Waals surface area contributed by atoms with Gasteiger partial charge in [-0.05, 0) is 23.6 Å². The third kappa shape index (κ3) is 4.14. The maximum Gasteiger partial charge on any atom is 0.210 e. The molecule has 5 nitrogen and oxygen atoms in total. The molecule has 0 saturated heterocycles. The normalized spacial score (nSPS) is 11.3. The smallest absolute Gasteiger partial charge is 0.210 e. The summed E-state index contributed by atoms with van der Waals surface area (Å²) in [4.78, 5) is 0. The van der Waals surface area contributed by atoms with Crippen LogP contribution < -0.4 is 10.6 Å². The van der Waals surface area contributed by atoms with Gasteiger partial charge in [-0.25, -0.2) is 4.68 Å². The number of nitrogen functional groups attached to an aromatic ring is 1. The van der Waals surface area contributed by atoms with Crippen LogP contribution in [0, 0.1) is 0 Å². The van der Waals surface area contributed by atoms with Gasteiger partial charge in [0.05, 0.1) is 0 Å². The van der Waals surface area contributed by atoms with Crippen LogP contribution in [0.3, 0.4) is 0 Å². The van der Waals surface area contributed by atoms with Gasteiger partial charge in [0.15, 0.2) is 5.82 Å². The molecule has 0 saturated carbocycles. The maximum atomic E-state index is 5.97. The highest BCUT2D eigenvalue weighted by molar-refractivity contribution is 7.99. The van der Waals surface area contributed by atoms with E-state index in [4.69, 9.17) is 10.6 Å². The number of nitrogens with zero attached hydrogens (tertiary/aromatic N) is 3. The van der Waals surface area contributed by atoms with Crippen LogP contribution in [0.1, 0.15) is 45.0 Å². The molecule has 1 heterocycles. The van der Waals surface area contributed by atoms with E-state index in [1.54, 1.807) is 11.8 Å². The Hall–Kier alpha value is -1.69. The Labute approximate surface area is 129 Å². The number of ether oxygens (including phenoxy) is 1. The van der Waals surface area contributed by atoms with Gasteiger partial charge in [-0.15, -0.1) is 10.2 Å². The molecule has 0 atom stereocenters. The molecule has 0 amide bonds. The summed E-state index contributed by atoms with van der Waals surface area (Å²) in [6.45, 7) is 8.82. The molecule has 1 aromatic heterocycles. The monoisotopic (exact) mass is 306 g/mol. The number of hydrogen-bond donors (Lipinski definition) is 1. The summed E-state index contributed by atoms with van der Waals surface area (Å²) in [6, 6.07) is 8.09. The average Bonchev–Trinajstić information content (AvgIpc) is 2.77. The first-order valence-corrected chi connectivity index (χ1v) is 7.94. The van der Waals surface area contributed by atoms with Crippen LogP contribution in [-0.2, 0) is 6.61 Å². The quantitative estimate of drug-likeness (QED) is 0.656. The van der Waals surface area contributed by atoms with Gasteiger partial charge in [-0.1, -0.05) is 51.6 Å². The number of hydrogen-bond acceptors (Lipinski definition) is 5. The Bertz CT molecular complexity index is 578. The second-order valence-corrected chi connectivity index (χ2v) is 6.99. The topological polar surface area (TPSA) is 66.0 Å². The summed E-state index contributed by atoms with van der Waals surface area (Å²) in [5.74, 6) is 7.91. The van der Waals surface area contributed by atoms with Crippen molar-refractivity contribution >= 4 is 11.8 Å². The first-order valence-electron chi connectivity index (χ1n) is 7.06. The van der Waals surface area contributed by atoms with Crippen molar-refractivity contribution in [1.82, 2.24) is 14.9 Å². The summed E-state index contributed by atoms with van der Waals surface area (Å²) >= 11 is 1.58. The van der Waals surface area contributed by atoms with E-state index in [0.717, 1.165) is 5.75 Å². The van der Waals surface area contributed by atoms with Gasteiger partial charge < -0.3 is 10.6 Å². The van der Waals surface area contributed by atoms with Crippen molar-refractivity contribution < 1.29 is 4.74 Å². The molecule has 2 N–H and O–H groups in total. The fraction of sp³-hybridized carbons (Fsp3) is 0.467. The van der Waals surface area contributed by atoms with Crippen molar-refractivity contribution in [3.8, 4) is 5.75 Å². The highest BCUT2D eigenvalue weighted by Crippen LogP contribution is 2.21. The van der Waals surface area contributed by atoms with Crippen LogP contribution in [0.15, 0.2) is 29.4 Å². The van der Waals surface area contributed by atoms with Crippen molar-refractivity contribution in [3.63, 3.8) is 0 Å². The van der Waals surface area contributed by atoms with Gasteiger partial charge in [-0.2, -0.15) is 0 Å². The fourth-order valence-electron chi connectivity index (χ4n) is 1.79. The second kappa shape index (κ2) is 6.85. The first kappa shape index (κ1) is 15.7. The van der Waals surface area contributed by atoms with Crippen molar-refractivity contribution in [2.24, 2.45) is 0 Å². The predicted molar refractivity (Wildman–Crippen MR) is 86.0 cm³/mol. The van der Waals surface area contributed by atoms with E-state index in [1.807, 2.05) is 12.1 Å². The number of nitrogens with two attached hydrogens (primary N) is 1. The van der Waals surface area contributed by atoms with Gasteiger partial charge in [0.1, 0.15) is 12.4 Å². The van der Waals surface area contributed by atoms with Crippen LogP contribution in [0.5, 0.6) is 5.75 Å². The highest BCUT2D eigenvalue weighted by Gasteiger charge is 2.12. The van der Waals surface area contributed by atoms with Crippen LogP contribution in [0.25, 0.3) is 0 Å². The number of benzene rings is 1. The Kier molecular flexibility index (Phi) is 5.12. The Morgan fingerprint density at radius 1 is 1.14 bits per heavy atom. The summed E-state index contributed by atoms with van der Waals surface area (Å²) in [5, 5.41) is 9.27. The third-order valence-corrected chi connectivity index (χ3v) is 3.95.